The smallest absolute Gasteiger partial charge is 0.223 e. The third kappa shape index (κ3) is 5.04. The van der Waals surface area contributed by atoms with Gasteiger partial charge < -0.3 is 15.5 Å². The lowest BCUT2D eigenvalue weighted by Gasteiger charge is -2.25. The maximum atomic E-state index is 11.8. The second-order valence-corrected chi connectivity index (χ2v) is 5.13. The lowest BCUT2D eigenvalue weighted by atomic mass is 10.2. The minimum Gasteiger partial charge on any atom is -0.346 e. The van der Waals surface area contributed by atoms with Gasteiger partial charge in [-0.3, -0.25) is 4.79 Å². The fraction of sp³-hybridized carbons (Fsp3) is 0.923. The zero-order valence-corrected chi connectivity index (χ0v) is 11.3. The van der Waals surface area contributed by atoms with Crippen LogP contribution in [0.25, 0.3) is 0 Å². The van der Waals surface area contributed by atoms with Crippen molar-refractivity contribution in [3.8, 4) is 0 Å². The standard InChI is InChI=1S/C13H27N3O/c1-15(12-6-3-4-7-12)11-8-13(17)16(2)10-5-9-14/h12H,3-11,14H2,1-2H3. The quantitative estimate of drug-likeness (QED) is 0.725. The van der Waals surface area contributed by atoms with Crippen molar-refractivity contribution in [3.05, 3.63) is 0 Å². The molecule has 0 radical (unpaired) electrons. The van der Waals surface area contributed by atoms with Gasteiger partial charge in [-0.2, -0.15) is 0 Å². The molecular formula is C13H27N3O. The summed E-state index contributed by atoms with van der Waals surface area (Å²) in [6, 6.07) is 0.706. The van der Waals surface area contributed by atoms with E-state index in [0.29, 0.717) is 19.0 Å². The van der Waals surface area contributed by atoms with Gasteiger partial charge in [0, 0.05) is 32.6 Å². The van der Waals surface area contributed by atoms with Gasteiger partial charge in [-0.25, -0.2) is 0 Å². The van der Waals surface area contributed by atoms with Crippen molar-refractivity contribution in [1.82, 2.24) is 9.80 Å². The van der Waals surface area contributed by atoms with E-state index in [1.165, 1.54) is 25.7 Å². The van der Waals surface area contributed by atoms with Crippen LogP contribution in [0.4, 0.5) is 0 Å². The van der Waals surface area contributed by atoms with Crippen LogP contribution in [0.3, 0.4) is 0 Å². The summed E-state index contributed by atoms with van der Waals surface area (Å²) in [5.41, 5.74) is 5.44. The molecule has 1 aliphatic carbocycles. The summed E-state index contributed by atoms with van der Waals surface area (Å²) in [5.74, 6) is 0.239. The van der Waals surface area contributed by atoms with Gasteiger partial charge in [0.1, 0.15) is 0 Å². The van der Waals surface area contributed by atoms with Crippen molar-refractivity contribution in [2.75, 3.05) is 33.7 Å². The summed E-state index contributed by atoms with van der Waals surface area (Å²) in [5, 5.41) is 0. The second kappa shape index (κ2) is 7.67. The highest BCUT2D eigenvalue weighted by Crippen LogP contribution is 2.22. The van der Waals surface area contributed by atoms with Crippen molar-refractivity contribution < 1.29 is 4.79 Å². The van der Waals surface area contributed by atoms with Crippen LogP contribution in [0.5, 0.6) is 0 Å². The van der Waals surface area contributed by atoms with E-state index in [2.05, 4.69) is 11.9 Å². The maximum Gasteiger partial charge on any atom is 0.223 e. The van der Waals surface area contributed by atoms with Gasteiger partial charge in [0.05, 0.1) is 0 Å². The highest BCUT2D eigenvalue weighted by atomic mass is 16.2. The number of rotatable bonds is 7. The zero-order chi connectivity index (χ0) is 12.7. The number of carbonyl (C=O) groups excluding carboxylic acids is 1. The summed E-state index contributed by atoms with van der Waals surface area (Å²) >= 11 is 0. The van der Waals surface area contributed by atoms with Gasteiger partial charge in [-0.05, 0) is 32.9 Å². The minimum absolute atomic E-state index is 0.239. The molecule has 1 amide bonds. The number of hydrogen-bond donors (Lipinski definition) is 1. The molecule has 0 aromatic heterocycles. The van der Waals surface area contributed by atoms with Gasteiger partial charge in [-0.1, -0.05) is 12.8 Å². The van der Waals surface area contributed by atoms with Crippen LogP contribution >= 0.6 is 0 Å². The largest absolute Gasteiger partial charge is 0.346 e. The molecule has 0 saturated heterocycles. The Balaban J connectivity index is 2.17. The molecule has 0 aromatic carbocycles. The van der Waals surface area contributed by atoms with E-state index in [1.54, 1.807) is 4.90 Å². The molecule has 0 bridgehead atoms. The van der Waals surface area contributed by atoms with E-state index in [0.717, 1.165) is 19.5 Å². The average Bonchev–Trinajstić information content (AvgIpc) is 2.86. The molecule has 0 spiro atoms. The van der Waals surface area contributed by atoms with Crippen molar-refractivity contribution in [2.24, 2.45) is 5.73 Å². The van der Waals surface area contributed by atoms with Gasteiger partial charge in [0.15, 0.2) is 0 Å². The fourth-order valence-corrected chi connectivity index (χ4v) is 2.44. The molecule has 4 heteroatoms. The fourth-order valence-electron chi connectivity index (χ4n) is 2.44. The van der Waals surface area contributed by atoms with Gasteiger partial charge >= 0.3 is 0 Å². The Labute approximate surface area is 105 Å². The molecule has 17 heavy (non-hydrogen) atoms. The van der Waals surface area contributed by atoms with Crippen molar-refractivity contribution in [2.45, 2.75) is 44.6 Å². The summed E-state index contributed by atoms with van der Waals surface area (Å²) in [7, 11) is 4.01. The third-order valence-electron chi connectivity index (χ3n) is 3.75. The normalized spacial score (nSPS) is 16.7. The van der Waals surface area contributed by atoms with Crippen molar-refractivity contribution >= 4 is 5.91 Å². The Morgan fingerprint density at radius 3 is 2.47 bits per heavy atom. The van der Waals surface area contributed by atoms with Crippen LogP contribution in [-0.2, 0) is 4.79 Å². The summed E-state index contributed by atoms with van der Waals surface area (Å²) in [4.78, 5) is 16.0. The molecule has 0 atom stereocenters. The topological polar surface area (TPSA) is 49.6 Å². The Kier molecular flexibility index (Phi) is 6.52. The lowest BCUT2D eigenvalue weighted by Crippen LogP contribution is -2.35. The van der Waals surface area contributed by atoms with Crippen LogP contribution < -0.4 is 5.73 Å². The first-order valence-corrected chi connectivity index (χ1v) is 6.79. The minimum atomic E-state index is 0.239. The van der Waals surface area contributed by atoms with Crippen LogP contribution in [0.2, 0.25) is 0 Å². The number of carbonyl (C=O) groups is 1. The average molecular weight is 241 g/mol. The van der Waals surface area contributed by atoms with Gasteiger partial charge in [0.2, 0.25) is 5.91 Å². The molecular weight excluding hydrogens is 214 g/mol. The first kappa shape index (κ1) is 14.5. The first-order chi connectivity index (χ1) is 8.15. The molecule has 100 valence electrons. The van der Waals surface area contributed by atoms with Crippen LogP contribution in [0.15, 0.2) is 0 Å². The molecule has 1 rings (SSSR count). The van der Waals surface area contributed by atoms with E-state index in [-0.39, 0.29) is 5.91 Å². The molecule has 1 aliphatic rings. The predicted octanol–water partition coefficient (Wildman–Crippen LogP) is 1.06. The van der Waals surface area contributed by atoms with Gasteiger partial charge in [-0.15, -0.1) is 0 Å². The summed E-state index contributed by atoms with van der Waals surface area (Å²) < 4.78 is 0. The lowest BCUT2D eigenvalue weighted by molar-refractivity contribution is -0.130. The third-order valence-corrected chi connectivity index (χ3v) is 3.75. The Morgan fingerprint density at radius 1 is 1.24 bits per heavy atom. The molecule has 0 unspecified atom stereocenters. The van der Waals surface area contributed by atoms with Gasteiger partial charge in [0.25, 0.3) is 0 Å². The van der Waals surface area contributed by atoms with Crippen LogP contribution in [0, 0.1) is 0 Å². The Hall–Kier alpha value is -0.610. The Morgan fingerprint density at radius 2 is 1.88 bits per heavy atom. The molecule has 4 nitrogen and oxygen atoms in total. The molecule has 0 heterocycles. The van der Waals surface area contributed by atoms with Crippen LogP contribution in [-0.4, -0.2) is 55.5 Å². The van der Waals surface area contributed by atoms with E-state index in [1.807, 2.05) is 7.05 Å². The van der Waals surface area contributed by atoms with Crippen molar-refractivity contribution in [3.63, 3.8) is 0 Å². The van der Waals surface area contributed by atoms with E-state index < -0.39 is 0 Å². The monoisotopic (exact) mass is 241 g/mol. The van der Waals surface area contributed by atoms with Crippen molar-refractivity contribution in [1.29, 1.82) is 0 Å². The summed E-state index contributed by atoms with van der Waals surface area (Å²) in [6.07, 6.45) is 6.81. The SMILES string of the molecule is CN(CCCN)C(=O)CCN(C)C1CCCC1. The zero-order valence-electron chi connectivity index (χ0n) is 11.3. The maximum absolute atomic E-state index is 11.8. The molecule has 1 saturated carbocycles. The van der Waals surface area contributed by atoms with Crippen LogP contribution in [0.1, 0.15) is 38.5 Å². The summed E-state index contributed by atoms with van der Waals surface area (Å²) in [6.45, 7) is 2.32. The van der Waals surface area contributed by atoms with E-state index >= 15 is 0 Å². The highest BCUT2D eigenvalue weighted by molar-refractivity contribution is 5.76. The number of nitrogens with two attached hydrogens (primary N) is 1. The molecule has 2 N–H and O–H groups in total. The molecule has 1 fully saturated rings. The highest BCUT2D eigenvalue weighted by Gasteiger charge is 2.20. The second-order valence-electron chi connectivity index (χ2n) is 5.13. The number of amides is 1. The first-order valence-electron chi connectivity index (χ1n) is 6.79. The van der Waals surface area contributed by atoms with E-state index in [9.17, 15) is 4.79 Å². The molecule has 0 aliphatic heterocycles. The number of nitrogens with zero attached hydrogens (tertiary/aromatic N) is 2. The molecule has 0 aromatic rings. The van der Waals surface area contributed by atoms with E-state index in [4.69, 9.17) is 5.73 Å². The predicted molar refractivity (Wildman–Crippen MR) is 70.8 cm³/mol. The number of hydrogen-bond acceptors (Lipinski definition) is 3. The Bertz CT molecular complexity index is 227.